The maximum absolute atomic E-state index is 13.2. The molecule has 1 atom stereocenters. The van der Waals surface area contributed by atoms with Gasteiger partial charge in [-0.05, 0) is 55.5 Å². The summed E-state index contributed by atoms with van der Waals surface area (Å²) < 4.78 is 13.2. The Morgan fingerprint density at radius 2 is 2.20 bits per heavy atom. The Bertz CT molecular complexity index is 344. The van der Waals surface area contributed by atoms with Crippen molar-refractivity contribution in [3.05, 3.63) is 35.1 Å². The average molecular weight is 207 g/mol. The van der Waals surface area contributed by atoms with E-state index in [9.17, 15) is 4.39 Å². The number of halogens is 1. The van der Waals surface area contributed by atoms with E-state index in [1.165, 1.54) is 24.0 Å². The fourth-order valence-corrected chi connectivity index (χ4v) is 2.10. The van der Waals surface area contributed by atoms with Gasteiger partial charge < -0.3 is 5.32 Å². The average Bonchev–Trinajstić information content (AvgIpc) is 3.01. The van der Waals surface area contributed by atoms with Crippen LogP contribution in [-0.2, 0) is 0 Å². The normalized spacial score (nSPS) is 17.8. The van der Waals surface area contributed by atoms with E-state index in [0.29, 0.717) is 12.0 Å². The van der Waals surface area contributed by atoms with Crippen molar-refractivity contribution in [3.63, 3.8) is 0 Å². The molecule has 1 aliphatic rings. The zero-order valence-corrected chi connectivity index (χ0v) is 9.39. The van der Waals surface area contributed by atoms with Crippen LogP contribution in [0.15, 0.2) is 18.2 Å². The lowest BCUT2D eigenvalue weighted by Gasteiger charge is -2.17. The summed E-state index contributed by atoms with van der Waals surface area (Å²) in [7, 11) is 0. The van der Waals surface area contributed by atoms with E-state index in [1.807, 2.05) is 6.07 Å². The van der Waals surface area contributed by atoms with Gasteiger partial charge >= 0.3 is 0 Å². The van der Waals surface area contributed by atoms with Crippen molar-refractivity contribution in [3.8, 4) is 0 Å². The van der Waals surface area contributed by atoms with E-state index in [0.717, 1.165) is 6.54 Å². The highest BCUT2D eigenvalue weighted by Gasteiger charge is 2.27. The molecule has 1 saturated carbocycles. The zero-order valence-electron chi connectivity index (χ0n) is 9.39. The molecule has 1 fully saturated rings. The number of benzene rings is 1. The monoisotopic (exact) mass is 207 g/mol. The number of hydrogen-bond donors (Lipinski definition) is 1. The SMILES string of the molecule is CCNC(C)c1ccc(F)cc1C1CC1. The van der Waals surface area contributed by atoms with Crippen molar-refractivity contribution in [1.82, 2.24) is 5.32 Å². The molecule has 1 nitrogen and oxygen atoms in total. The van der Waals surface area contributed by atoms with Crippen molar-refractivity contribution >= 4 is 0 Å². The van der Waals surface area contributed by atoms with Crippen LogP contribution in [0, 0.1) is 5.82 Å². The Morgan fingerprint density at radius 1 is 1.47 bits per heavy atom. The molecule has 0 aromatic heterocycles. The third kappa shape index (κ3) is 2.37. The summed E-state index contributed by atoms with van der Waals surface area (Å²) in [6, 6.07) is 5.53. The van der Waals surface area contributed by atoms with E-state index >= 15 is 0 Å². The predicted octanol–water partition coefficient (Wildman–Crippen LogP) is 3.37. The second-order valence-electron chi connectivity index (χ2n) is 4.33. The van der Waals surface area contributed by atoms with Gasteiger partial charge in [-0.3, -0.25) is 0 Å². The summed E-state index contributed by atoms with van der Waals surface area (Å²) in [5.41, 5.74) is 2.48. The predicted molar refractivity (Wildman–Crippen MR) is 60.5 cm³/mol. The third-order valence-electron chi connectivity index (χ3n) is 3.04. The first kappa shape index (κ1) is 10.6. The fraction of sp³-hybridized carbons (Fsp3) is 0.538. The van der Waals surface area contributed by atoms with Gasteiger partial charge in [-0.25, -0.2) is 4.39 Å². The second-order valence-corrected chi connectivity index (χ2v) is 4.33. The Kier molecular flexibility index (Phi) is 3.06. The van der Waals surface area contributed by atoms with E-state index in [2.05, 4.69) is 19.2 Å². The molecule has 2 heteroatoms. The van der Waals surface area contributed by atoms with Crippen molar-refractivity contribution in [2.24, 2.45) is 0 Å². The number of rotatable bonds is 4. The highest BCUT2D eigenvalue weighted by Crippen LogP contribution is 2.43. The van der Waals surface area contributed by atoms with Crippen LogP contribution in [0.3, 0.4) is 0 Å². The Labute approximate surface area is 90.7 Å². The lowest BCUT2D eigenvalue weighted by atomic mass is 9.98. The van der Waals surface area contributed by atoms with E-state index in [1.54, 1.807) is 12.1 Å². The lowest BCUT2D eigenvalue weighted by Crippen LogP contribution is -2.19. The minimum Gasteiger partial charge on any atom is -0.310 e. The van der Waals surface area contributed by atoms with Crippen LogP contribution in [0.25, 0.3) is 0 Å². The summed E-state index contributed by atoms with van der Waals surface area (Å²) in [5.74, 6) is 0.501. The molecule has 1 N–H and O–H groups in total. The molecule has 0 amide bonds. The molecular formula is C13H18FN. The maximum atomic E-state index is 13.2. The van der Waals surface area contributed by atoms with Crippen molar-refractivity contribution in [2.45, 2.75) is 38.6 Å². The summed E-state index contributed by atoms with van der Waals surface area (Å²) in [6.45, 7) is 5.18. The van der Waals surface area contributed by atoms with Gasteiger partial charge in [-0.15, -0.1) is 0 Å². The molecule has 82 valence electrons. The summed E-state index contributed by atoms with van der Waals surface area (Å²) in [6.07, 6.45) is 2.44. The van der Waals surface area contributed by atoms with Crippen LogP contribution >= 0.6 is 0 Å². The highest BCUT2D eigenvalue weighted by molar-refractivity contribution is 5.35. The van der Waals surface area contributed by atoms with Crippen LogP contribution in [0.1, 0.15) is 49.8 Å². The van der Waals surface area contributed by atoms with Crippen LogP contribution in [0.2, 0.25) is 0 Å². The lowest BCUT2D eigenvalue weighted by molar-refractivity contribution is 0.585. The zero-order chi connectivity index (χ0) is 10.8. The number of nitrogens with one attached hydrogen (secondary N) is 1. The van der Waals surface area contributed by atoms with Crippen LogP contribution in [-0.4, -0.2) is 6.54 Å². The van der Waals surface area contributed by atoms with Gasteiger partial charge in [0.2, 0.25) is 0 Å². The Balaban J connectivity index is 2.28. The van der Waals surface area contributed by atoms with Crippen LogP contribution in [0.4, 0.5) is 4.39 Å². The highest BCUT2D eigenvalue weighted by atomic mass is 19.1. The topological polar surface area (TPSA) is 12.0 Å². The molecule has 15 heavy (non-hydrogen) atoms. The molecular weight excluding hydrogens is 189 g/mol. The first-order valence-electron chi connectivity index (χ1n) is 5.75. The second kappa shape index (κ2) is 4.31. The van der Waals surface area contributed by atoms with Gasteiger partial charge in [0.05, 0.1) is 0 Å². The fourth-order valence-electron chi connectivity index (χ4n) is 2.10. The molecule has 0 heterocycles. The molecule has 0 bridgehead atoms. The number of hydrogen-bond acceptors (Lipinski definition) is 1. The third-order valence-corrected chi connectivity index (χ3v) is 3.04. The molecule has 1 aromatic carbocycles. The van der Waals surface area contributed by atoms with Crippen molar-refractivity contribution in [1.29, 1.82) is 0 Å². The Morgan fingerprint density at radius 3 is 2.80 bits per heavy atom. The van der Waals surface area contributed by atoms with E-state index in [-0.39, 0.29) is 5.82 Å². The standard InChI is InChI=1S/C13H18FN/c1-3-15-9(2)12-7-6-11(14)8-13(12)10-4-5-10/h6-10,15H,3-5H2,1-2H3. The quantitative estimate of drug-likeness (QED) is 0.798. The van der Waals surface area contributed by atoms with E-state index in [4.69, 9.17) is 0 Å². The molecule has 0 saturated heterocycles. The van der Waals surface area contributed by atoms with Crippen molar-refractivity contribution < 1.29 is 4.39 Å². The molecule has 0 aliphatic heterocycles. The van der Waals surface area contributed by atoms with Crippen LogP contribution in [0.5, 0.6) is 0 Å². The largest absolute Gasteiger partial charge is 0.310 e. The van der Waals surface area contributed by atoms with Gasteiger partial charge in [-0.1, -0.05) is 13.0 Å². The Hall–Kier alpha value is -0.890. The summed E-state index contributed by atoms with van der Waals surface area (Å²) in [5, 5.41) is 3.38. The smallest absolute Gasteiger partial charge is 0.123 e. The van der Waals surface area contributed by atoms with Gasteiger partial charge in [0.1, 0.15) is 5.82 Å². The molecule has 1 unspecified atom stereocenters. The maximum Gasteiger partial charge on any atom is 0.123 e. The van der Waals surface area contributed by atoms with Crippen molar-refractivity contribution in [2.75, 3.05) is 6.54 Å². The van der Waals surface area contributed by atoms with Gasteiger partial charge in [0.25, 0.3) is 0 Å². The minimum absolute atomic E-state index is 0.107. The minimum atomic E-state index is -0.107. The van der Waals surface area contributed by atoms with Gasteiger partial charge in [0, 0.05) is 6.04 Å². The first-order chi connectivity index (χ1) is 7.22. The molecule has 1 aliphatic carbocycles. The van der Waals surface area contributed by atoms with Crippen LogP contribution < -0.4 is 5.32 Å². The van der Waals surface area contributed by atoms with E-state index < -0.39 is 0 Å². The molecule has 0 spiro atoms. The molecule has 0 radical (unpaired) electrons. The summed E-state index contributed by atoms with van der Waals surface area (Å²) in [4.78, 5) is 0. The summed E-state index contributed by atoms with van der Waals surface area (Å²) >= 11 is 0. The van der Waals surface area contributed by atoms with Gasteiger partial charge in [0.15, 0.2) is 0 Å². The molecule has 2 rings (SSSR count). The van der Waals surface area contributed by atoms with Gasteiger partial charge in [-0.2, -0.15) is 0 Å². The first-order valence-corrected chi connectivity index (χ1v) is 5.75. The molecule has 1 aromatic rings.